The second kappa shape index (κ2) is 6.89. The van der Waals surface area contributed by atoms with Crippen LogP contribution < -0.4 is 9.47 Å². The van der Waals surface area contributed by atoms with Gasteiger partial charge in [-0.2, -0.15) is 0 Å². The van der Waals surface area contributed by atoms with Crippen LogP contribution in [0.3, 0.4) is 0 Å². The van der Waals surface area contributed by atoms with E-state index in [1.807, 2.05) is 38.1 Å². The van der Waals surface area contributed by atoms with Gasteiger partial charge < -0.3 is 14.6 Å². The average molecular weight is 381 g/mol. The molecular weight excluding hydrogens is 360 g/mol. The summed E-state index contributed by atoms with van der Waals surface area (Å²) in [5.74, 6) is 0.748. The summed E-state index contributed by atoms with van der Waals surface area (Å²) in [5.41, 5.74) is -0.943. The number of hydrogen-bond acceptors (Lipinski definition) is 4. The zero-order valence-electron chi connectivity index (χ0n) is 13.7. The number of ketones is 1. The van der Waals surface area contributed by atoms with Crippen LogP contribution in [0.2, 0.25) is 0 Å². The maximum absolute atomic E-state index is 12.3. The molecule has 0 aliphatic heterocycles. The normalized spacial score (nSPS) is 13.9. The molecule has 0 spiro atoms. The first-order valence-corrected chi connectivity index (χ1v) is 8.48. The number of rotatable bonds is 6. The van der Waals surface area contributed by atoms with Crippen LogP contribution in [0.25, 0.3) is 10.8 Å². The molecule has 5 heteroatoms. The van der Waals surface area contributed by atoms with Gasteiger partial charge in [0.2, 0.25) is 0 Å². The quantitative estimate of drug-likeness (QED) is 0.776. The van der Waals surface area contributed by atoms with E-state index in [4.69, 9.17) is 9.47 Å². The number of ether oxygens (including phenoxy) is 2. The Morgan fingerprint density at radius 3 is 2.17 bits per heavy atom. The second-order valence-corrected chi connectivity index (χ2v) is 6.31. The molecule has 0 radical (unpaired) electrons. The zero-order chi connectivity index (χ0) is 17.2. The fraction of sp³-hybridized carbons (Fsp3) is 0.389. The van der Waals surface area contributed by atoms with E-state index in [9.17, 15) is 9.90 Å². The Hall–Kier alpha value is -1.59. The Bertz CT molecular complexity index is 726. The Balaban J connectivity index is 2.65. The lowest BCUT2D eigenvalue weighted by Crippen LogP contribution is -2.41. The smallest absolute Gasteiger partial charge is 0.179 e. The third-order valence-electron chi connectivity index (χ3n) is 4.16. The molecule has 0 amide bonds. The van der Waals surface area contributed by atoms with Crippen LogP contribution in [-0.2, 0) is 10.4 Å². The minimum absolute atomic E-state index is 0.103. The van der Waals surface area contributed by atoms with Gasteiger partial charge in [-0.3, -0.25) is 4.79 Å². The molecule has 23 heavy (non-hydrogen) atoms. The SMILES string of the molecule is COc1cc2ccc([C@](O)(C(=O)CBr)C(C)C)cc2cc1OC. The summed E-state index contributed by atoms with van der Waals surface area (Å²) in [6, 6.07) is 9.21. The Morgan fingerprint density at radius 2 is 1.70 bits per heavy atom. The lowest BCUT2D eigenvalue weighted by Gasteiger charge is -2.31. The van der Waals surface area contributed by atoms with Crippen molar-refractivity contribution in [3.8, 4) is 11.5 Å². The van der Waals surface area contributed by atoms with Gasteiger partial charge in [0.05, 0.1) is 19.5 Å². The first kappa shape index (κ1) is 17.8. The van der Waals surface area contributed by atoms with Crippen molar-refractivity contribution in [3.05, 3.63) is 35.9 Å². The number of fused-ring (bicyclic) bond motifs is 1. The first-order chi connectivity index (χ1) is 10.9. The van der Waals surface area contributed by atoms with E-state index < -0.39 is 5.60 Å². The molecule has 0 saturated heterocycles. The topological polar surface area (TPSA) is 55.8 Å². The molecule has 2 aromatic carbocycles. The van der Waals surface area contributed by atoms with Gasteiger partial charge in [0.1, 0.15) is 0 Å². The predicted octanol–water partition coefficient (Wildman–Crippen LogP) is 3.66. The van der Waals surface area contributed by atoms with E-state index in [0.717, 1.165) is 10.8 Å². The molecular formula is C18H21BrO4. The Labute approximate surface area is 144 Å². The van der Waals surface area contributed by atoms with Crippen molar-refractivity contribution in [1.82, 2.24) is 0 Å². The highest BCUT2D eigenvalue weighted by Crippen LogP contribution is 2.36. The summed E-state index contributed by atoms with van der Waals surface area (Å²) in [6.07, 6.45) is 0. The maximum atomic E-state index is 12.3. The van der Waals surface area contributed by atoms with Crippen LogP contribution in [0.4, 0.5) is 0 Å². The van der Waals surface area contributed by atoms with E-state index >= 15 is 0 Å². The minimum Gasteiger partial charge on any atom is -0.493 e. The molecule has 1 N–H and O–H groups in total. The lowest BCUT2D eigenvalue weighted by atomic mass is 9.80. The first-order valence-electron chi connectivity index (χ1n) is 7.36. The zero-order valence-corrected chi connectivity index (χ0v) is 15.3. The van der Waals surface area contributed by atoms with Crippen LogP contribution in [-0.4, -0.2) is 30.4 Å². The monoisotopic (exact) mass is 380 g/mol. The number of halogens is 1. The summed E-state index contributed by atoms with van der Waals surface area (Å²) in [4.78, 5) is 12.3. The predicted molar refractivity (Wildman–Crippen MR) is 94.6 cm³/mol. The average Bonchev–Trinajstić information content (AvgIpc) is 2.57. The van der Waals surface area contributed by atoms with Gasteiger partial charge in [-0.25, -0.2) is 0 Å². The van der Waals surface area contributed by atoms with Gasteiger partial charge in [0.25, 0.3) is 0 Å². The summed E-state index contributed by atoms with van der Waals surface area (Å²) in [7, 11) is 3.16. The van der Waals surface area contributed by atoms with E-state index in [1.54, 1.807) is 20.3 Å². The fourth-order valence-electron chi connectivity index (χ4n) is 2.73. The largest absolute Gasteiger partial charge is 0.493 e. The van der Waals surface area contributed by atoms with Crippen molar-refractivity contribution in [3.63, 3.8) is 0 Å². The summed E-state index contributed by atoms with van der Waals surface area (Å²) in [6.45, 7) is 3.67. The summed E-state index contributed by atoms with van der Waals surface area (Å²) >= 11 is 3.16. The lowest BCUT2D eigenvalue weighted by molar-refractivity contribution is -0.140. The van der Waals surface area contributed by atoms with E-state index in [-0.39, 0.29) is 17.0 Å². The molecule has 2 aromatic rings. The standard InChI is InChI=1S/C18H21BrO4/c1-11(2)18(21,17(20)10-19)14-6-5-12-8-15(22-3)16(23-4)9-13(12)7-14/h5-9,11,21H,10H2,1-4H3/t18-/m0/s1. The second-order valence-electron chi connectivity index (χ2n) is 5.75. The summed E-state index contributed by atoms with van der Waals surface area (Å²) < 4.78 is 10.6. The molecule has 0 aliphatic rings. The molecule has 4 nitrogen and oxygen atoms in total. The molecule has 0 aromatic heterocycles. The van der Waals surface area contributed by atoms with E-state index in [2.05, 4.69) is 15.9 Å². The molecule has 0 aliphatic carbocycles. The van der Waals surface area contributed by atoms with Crippen molar-refractivity contribution in [2.24, 2.45) is 5.92 Å². The highest BCUT2D eigenvalue weighted by molar-refractivity contribution is 9.09. The van der Waals surface area contributed by atoms with Gasteiger partial charge in [-0.05, 0) is 40.5 Å². The molecule has 2 rings (SSSR count). The number of hydrogen-bond donors (Lipinski definition) is 1. The van der Waals surface area contributed by atoms with Gasteiger partial charge in [-0.1, -0.05) is 41.9 Å². The van der Waals surface area contributed by atoms with Crippen molar-refractivity contribution >= 4 is 32.5 Å². The fourth-order valence-corrected chi connectivity index (χ4v) is 3.16. The molecule has 0 unspecified atom stereocenters. The number of carbonyl (C=O) groups excluding carboxylic acids is 1. The van der Waals surface area contributed by atoms with Crippen LogP contribution in [0.1, 0.15) is 19.4 Å². The maximum Gasteiger partial charge on any atom is 0.179 e. The molecule has 0 saturated carbocycles. The Morgan fingerprint density at radius 1 is 1.13 bits per heavy atom. The number of aliphatic hydroxyl groups is 1. The van der Waals surface area contributed by atoms with Crippen molar-refractivity contribution in [1.29, 1.82) is 0 Å². The highest BCUT2D eigenvalue weighted by atomic mass is 79.9. The Kier molecular flexibility index (Phi) is 5.32. The van der Waals surface area contributed by atoms with Gasteiger partial charge in [0.15, 0.2) is 22.9 Å². The molecule has 124 valence electrons. The van der Waals surface area contributed by atoms with Gasteiger partial charge >= 0.3 is 0 Å². The molecule has 0 fully saturated rings. The molecule has 0 bridgehead atoms. The van der Waals surface area contributed by atoms with E-state index in [1.165, 1.54) is 0 Å². The van der Waals surface area contributed by atoms with Crippen molar-refractivity contribution in [2.75, 3.05) is 19.5 Å². The van der Waals surface area contributed by atoms with Crippen LogP contribution in [0.5, 0.6) is 11.5 Å². The number of carbonyl (C=O) groups is 1. The number of benzene rings is 2. The summed E-state index contributed by atoms with van der Waals surface area (Å²) in [5, 5.41) is 12.9. The van der Waals surface area contributed by atoms with Crippen LogP contribution in [0, 0.1) is 5.92 Å². The van der Waals surface area contributed by atoms with Crippen molar-refractivity contribution in [2.45, 2.75) is 19.4 Å². The minimum atomic E-state index is -1.52. The highest BCUT2D eigenvalue weighted by Gasteiger charge is 2.40. The number of methoxy groups -OCH3 is 2. The molecule has 0 heterocycles. The van der Waals surface area contributed by atoms with Crippen LogP contribution in [0.15, 0.2) is 30.3 Å². The van der Waals surface area contributed by atoms with E-state index in [0.29, 0.717) is 17.1 Å². The molecule has 1 atom stereocenters. The van der Waals surface area contributed by atoms with Gasteiger partial charge in [-0.15, -0.1) is 0 Å². The van der Waals surface area contributed by atoms with Crippen LogP contribution >= 0.6 is 15.9 Å². The third-order valence-corrected chi connectivity index (χ3v) is 4.67. The number of Topliss-reactive ketones (excluding diaryl/α,β-unsaturated/α-hetero) is 1. The van der Waals surface area contributed by atoms with Crippen molar-refractivity contribution < 1.29 is 19.4 Å². The number of alkyl halides is 1. The van der Waals surface area contributed by atoms with Gasteiger partial charge in [0, 0.05) is 0 Å². The third kappa shape index (κ3) is 3.08.